The maximum Gasteiger partial charge on any atom is 0.135 e. The highest BCUT2D eigenvalue weighted by molar-refractivity contribution is 5.79. The van der Waals surface area contributed by atoms with Gasteiger partial charge in [-0.25, -0.2) is 0 Å². The topological polar surface area (TPSA) is 37.3 Å². The number of carbonyl (C=O) groups is 1. The lowest BCUT2D eigenvalue weighted by Gasteiger charge is -2.30. The van der Waals surface area contributed by atoms with E-state index in [4.69, 9.17) is 0 Å². The van der Waals surface area contributed by atoms with Crippen molar-refractivity contribution in [3.63, 3.8) is 0 Å². The molecule has 2 nitrogen and oxygen atoms in total. The summed E-state index contributed by atoms with van der Waals surface area (Å²) in [5.74, 6) is 1.31. The third-order valence-corrected chi connectivity index (χ3v) is 4.66. The standard InChI is InChI=1S/C14H22O2/c1-8-4-7-12(10(3)15)14(16)13-9(2)5-6-11(8)13/h4,9,11-14,16H,5-7H2,1-3H3/t9-,11+,12?,13-,14?/m1/s1. The number of allylic oxidation sites excluding steroid dienone is 2. The van der Waals surface area contributed by atoms with Crippen molar-refractivity contribution in [3.8, 4) is 0 Å². The summed E-state index contributed by atoms with van der Waals surface area (Å²) in [6.45, 7) is 5.98. The largest absolute Gasteiger partial charge is 0.392 e. The summed E-state index contributed by atoms with van der Waals surface area (Å²) < 4.78 is 0. The summed E-state index contributed by atoms with van der Waals surface area (Å²) in [5.41, 5.74) is 1.39. The van der Waals surface area contributed by atoms with Crippen molar-refractivity contribution in [1.29, 1.82) is 0 Å². The van der Waals surface area contributed by atoms with Gasteiger partial charge in [-0.05, 0) is 50.9 Å². The molecule has 90 valence electrons. The van der Waals surface area contributed by atoms with E-state index in [1.165, 1.54) is 18.4 Å². The number of Topliss-reactive ketones (excluding diaryl/α,β-unsaturated/α-hetero) is 1. The number of rotatable bonds is 1. The van der Waals surface area contributed by atoms with Crippen LogP contribution in [0.3, 0.4) is 0 Å². The lowest BCUT2D eigenvalue weighted by molar-refractivity contribution is -0.126. The molecule has 2 rings (SSSR count). The maximum atomic E-state index is 11.6. The maximum absolute atomic E-state index is 11.6. The molecule has 1 saturated carbocycles. The Morgan fingerprint density at radius 2 is 2.12 bits per heavy atom. The highest BCUT2D eigenvalue weighted by atomic mass is 16.3. The van der Waals surface area contributed by atoms with Crippen molar-refractivity contribution < 1.29 is 9.90 Å². The molecule has 0 amide bonds. The second-order valence-electron chi connectivity index (χ2n) is 5.63. The van der Waals surface area contributed by atoms with Crippen molar-refractivity contribution in [2.45, 2.75) is 46.1 Å². The van der Waals surface area contributed by atoms with E-state index in [1.54, 1.807) is 6.92 Å². The normalized spacial score (nSPS) is 43.5. The SMILES string of the molecule is CC(=O)C1CC=C(C)[C@@H]2CC[C@@H](C)[C@H]2C1O. The van der Waals surface area contributed by atoms with E-state index in [0.717, 1.165) is 6.42 Å². The van der Waals surface area contributed by atoms with E-state index in [2.05, 4.69) is 19.9 Å². The van der Waals surface area contributed by atoms with E-state index in [9.17, 15) is 9.90 Å². The number of ketones is 1. The zero-order chi connectivity index (χ0) is 11.9. The minimum atomic E-state index is -0.436. The van der Waals surface area contributed by atoms with Crippen LogP contribution in [0.15, 0.2) is 11.6 Å². The van der Waals surface area contributed by atoms with Crippen molar-refractivity contribution in [1.82, 2.24) is 0 Å². The van der Waals surface area contributed by atoms with Crippen molar-refractivity contribution in [2.24, 2.45) is 23.7 Å². The molecule has 0 aromatic rings. The van der Waals surface area contributed by atoms with Gasteiger partial charge in [0.2, 0.25) is 0 Å². The molecule has 0 aliphatic heterocycles. The molecule has 0 spiro atoms. The second kappa shape index (κ2) is 4.33. The van der Waals surface area contributed by atoms with Gasteiger partial charge in [-0.2, -0.15) is 0 Å². The van der Waals surface area contributed by atoms with Crippen LogP contribution in [0.25, 0.3) is 0 Å². The number of aliphatic hydroxyl groups excluding tert-OH is 1. The molecule has 2 heteroatoms. The van der Waals surface area contributed by atoms with Crippen LogP contribution in [-0.4, -0.2) is 17.0 Å². The van der Waals surface area contributed by atoms with Gasteiger partial charge >= 0.3 is 0 Å². The number of carbonyl (C=O) groups excluding carboxylic acids is 1. The van der Waals surface area contributed by atoms with Gasteiger partial charge in [-0.1, -0.05) is 18.6 Å². The van der Waals surface area contributed by atoms with Gasteiger partial charge in [-0.15, -0.1) is 0 Å². The third kappa shape index (κ3) is 1.84. The van der Waals surface area contributed by atoms with Crippen LogP contribution >= 0.6 is 0 Å². The molecule has 0 bridgehead atoms. The molecule has 0 heterocycles. The highest BCUT2D eigenvalue weighted by Crippen LogP contribution is 2.46. The van der Waals surface area contributed by atoms with Gasteiger partial charge in [0.1, 0.15) is 5.78 Å². The van der Waals surface area contributed by atoms with Crippen LogP contribution in [0.1, 0.15) is 40.0 Å². The van der Waals surface area contributed by atoms with E-state index < -0.39 is 6.10 Å². The Bertz CT molecular complexity index is 319. The lowest BCUT2D eigenvalue weighted by Crippen LogP contribution is -2.36. The molecule has 0 aromatic heterocycles. The van der Waals surface area contributed by atoms with Gasteiger partial charge in [0.05, 0.1) is 6.10 Å². The Labute approximate surface area is 97.7 Å². The van der Waals surface area contributed by atoms with E-state index in [0.29, 0.717) is 17.8 Å². The molecule has 5 atom stereocenters. The quantitative estimate of drug-likeness (QED) is 0.692. The summed E-state index contributed by atoms with van der Waals surface area (Å²) in [6, 6.07) is 0. The van der Waals surface area contributed by atoms with Gasteiger partial charge in [0, 0.05) is 5.92 Å². The second-order valence-corrected chi connectivity index (χ2v) is 5.63. The minimum Gasteiger partial charge on any atom is -0.392 e. The molecule has 16 heavy (non-hydrogen) atoms. The van der Waals surface area contributed by atoms with Crippen LogP contribution in [0.4, 0.5) is 0 Å². The molecule has 0 radical (unpaired) electrons. The predicted octanol–water partition coefficient (Wildman–Crippen LogP) is 2.56. The fourth-order valence-electron chi connectivity index (χ4n) is 3.61. The first-order chi connectivity index (χ1) is 7.52. The van der Waals surface area contributed by atoms with Gasteiger partial charge < -0.3 is 5.11 Å². The summed E-state index contributed by atoms with van der Waals surface area (Å²) >= 11 is 0. The molecular weight excluding hydrogens is 200 g/mol. The molecule has 2 unspecified atom stereocenters. The molecule has 2 aliphatic rings. The number of aliphatic hydroxyl groups is 1. The average Bonchev–Trinajstić information content (AvgIpc) is 2.53. The molecule has 1 fully saturated rings. The van der Waals surface area contributed by atoms with Crippen LogP contribution in [0, 0.1) is 23.7 Å². The first-order valence-corrected chi connectivity index (χ1v) is 6.37. The third-order valence-electron chi connectivity index (χ3n) is 4.66. The van der Waals surface area contributed by atoms with Crippen molar-refractivity contribution >= 4 is 5.78 Å². The molecular formula is C14H22O2. The molecule has 0 aromatic carbocycles. The van der Waals surface area contributed by atoms with Crippen molar-refractivity contribution in [2.75, 3.05) is 0 Å². The summed E-state index contributed by atoms with van der Waals surface area (Å²) in [4.78, 5) is 11.6. The van der Waals surface area contributed by atoms with Crippen LogP contribution in [0.5, 0.6) is 0 Å². The van der Waals surface area contributed by atoms with E-state index in [-0.39, 0.29) is 11.7 Å². The monoisotopic (exact) mass is 222 g/mol. The molecule has 0 saturated heterocycles. The Balaban J connectivity index is 2.30. The molecule has 2 aliphatic carbocycles. The van der Waals surface area contributed by atoms with Gasteiger partial charge in [0.15, 0.2) is 0 Å². The number of hydrogen-bond acceptors (Lipinski definition) is 2. The van der Waals surface area contributed by atoms with Gasteiger partial charge in [-0.3, -0.25) is 4.79 Å². The first kappa shape index (κ1) is 11.8. The Morgan fingerprint density at radius 1 is 1.44 bits per heavy atom. The molecule has 1 N–H and O–H groups in total. The van der Waals surface area contributed by atoms with Crippen LogP contribution in [0.2, 0.25) is 0 Å². The zero-order valence-corrected chi connectivity index (χ0v) is 10.4. The zero-order valence-electron chi connectivity index (χ0n) is 10.4. The Morgan fingerprint density at radius 3 is 2.75 bits per heavy atom. The average molecular weight is 222 g/mol. The van der Waals surface area contributed by atoms with Crippen molar-refractivity contribution in [3.05, 3.63) is 11.6 Å². The first-order valence-electron chi connectivity index (χ1n) is 6.37. The lowest BCUT2D eigenvalue weighted by atomic mass is 9.78. The smallest absolute Gasteiger partial charge is 0.135 e. The van der Waals surface area contributed by atoms with E-state index in [1.807, 2.05) is 0 Å². The van der Waals surface area contributed by atoms with Gasteiger partial charge in [0.25, 0.3) is 0 Å². The minimum absolute atomic E-state index is 0.135. The fourth-order valence-corrected chi connectivity index (χ4v) is 3.61. The summed E-state index contributed by atoms with van der Waals surface area (Å²) in [7, 11) is 0. The summed E-state index contributed by atoms with van der Waals surface area (Å²) in [6.07, 6.45) is 4.83. The Kier molecular flexibility index (Phi) is 3.20. The Hall–Kier alpha value is -0.630. The van der Waals surface area contributed by atoms with Crippen LogP contribution < -0.4 is 0 Å². The number of fused-ring (bicyclic) bond motifs is 1. The number of hydrogen-bond donors (Lipinski definition) is 1. The highest BCUT2D eigenvalue weighted by Gasteiger charge is 2.44. The summed E-state index contributed by atoms with van der Waals surface area (Å²) in [5, 5.41) is 10.4. The van der Waals surface area contributed by atoms with E-state index >= 15 is 0 Å². The fraction of sp³-hybridized carbons (Fsp3) is 0.786. The van der Waals surface area contributed by atoms with Crippen LogP contribution in [-0.2, 0) is 4.79 Å². The predicted molar refractivity (Wildman–Crippen MR) is 63.9 cm³/mol.